The number of aryl methyl sites for hydroxylation is 2. The third kappa shape index (κ3) is 13.5. The Morgan fingerprint density at radius 3 is 2.11 bits per heavy atom. The van der Waals surface area contributed by atoms with Crippen LogP contribution < -0.4 is 20.7 Å². The first-order chi connectivity index (χ1) is 20.9. The van der Waals surface area contributed by atoms with Crippen LogP contribution >= 0.6 is 11.8 Å². The Morgan fingerprint density at radius 1 is 1.07 bits per heavy atom. The molecular formula is C32H43FN4O7S. The summed E-state index contributed by atoms with van der Waals surface area (Å²) in [6.45, 7) is 13.2. The SMILES string of the molecule is C=C1SC(=O)N(C)C1=O.COc1cccc(C)c1.Cc1ccc(CNC(=O)CNC(=O)[C@@H](NC(=O)C(C)(C)C)[C@@H](C)O)c(F)c1. The first kappa shape index (κ1) is 38.8. The Morgan fingerprint density at radius 2 is 1.69 bits per heavy atom. The summed E-state index contributed by atoms with van der Waals surface area (Å²) < 4.78 is 18.7. The van der Waals surface area contributed by atoms with Crippen LogP contribution in [0.3, 0.4) is 0 Å². The average molecular weight is 647 g/mol. The Kier molecular flexibility index (Phi) is 15.4. The van der Waals surface area contributed by atoms with Gasteiger partial charge in [-0.15, -0.1) is 0 Å². The number of amides is 5. The van der Waals surface area contributed by atoms with E-state index in [1.807, 2.05) is 31.2 Å². The fourth-order valence-electron chi connectivity index (χ4n) is 3.32. The van der Waals surface area contributed by atoms with E-state index in [1.54, 1.807) is 46.9 Å². The van der Waals surface area contributed by atoms with E-state index in [1.165, 1.54) is 25.6 Å². The summed E-state index contributed by atoms with van der Waals surface area (Å²) in [5.74, 6) is -1.38. The van der Waals surface area contributed by atoms with E-state index in [4.69, 9.17) is 4.74 Å². The van der Waals surface area contributed by atoms with Crippen molar-refractivity contribution in [3.8, 4) is 5.75 Å². The van der Waals surface area contributed by atoms with Crippen LogP contribution in [0.15, 0.2) is 53.9 Å². The molecule has 13 heteroatoms. The highest BCUT2D eigenvalue weighted by atomic mass is 32.2. The smallest absolute Gasteiger partial charge is 0.293 e. The number of thioether (sulfide) groups is 1. The predicted molar refractivity (Wildman–Crippen MR) is 172 cm³/mol. The van der Waals surface area contributed by atoms with Crippen LogP contribution in [0.1, 0.15) is 44.4 Å². The van der Waals surface area contributed by atoms with E-state index in [0.29, 0.717) is 10.5 Å². The van der Waals surface area contributed by atoms with Crippen molar-refractivity contribution in [2.24, 2.45) is 5.41 Å². The zero-order valence-corrected chi connectivity index (χ0v) is 27.8. The summed E-state index contributed by atoms with van der Waals surface area (Å²) in [7, 11) is 3.12. The minimum Gasteiger partial charge on any atom is -0.497 e. The van der Waals surface area contributed by atoms with Crippen molar-refractivity contribution in [3.63, 3.8) is 0 Å². The van der Waals surface area contributed by atoms with Gasteiger partial charge in [0.25, 0.3) is 11.1 Å². The molecule has 1 fully saturated rings. The number of ether oxygens (including phenoxy) is 1. The number of aliphatic hydroxyl groups is 1. The van der Waals surface area contributed by atoms with E-state index in [0.717, 1.165) is 28.0 Å². The number of nitrogens with one attached hydrogen (secondary N) is 3. The molecule has 0 saturated carbocycles. The van der Waals surface area contributed by atoms with Crippen molar-refractivity contribution in [1.29, 1.82) is 0 Å². The lowest BCUT2D eigenvalue weighted by molar-refractivity contribution is -0.136. The second-order valence-electron chi connectivity index (χ2n) is 11.2. The maximum Gasteiger partial charge on any atom is 0.293 e. The van der Waals surface area contributed by atoms with Crippen LogP contribution in [0.2, 0.25) is 0 Å². The van der Waals surface area contributed by atoms with Crippen molar-refractivity contribution in [1.82, 2.24) is 20.9 Å². The van der Waals surface area contributed by atoms with Crippen LogP contribution in [0.5, 0.6) is 5.75 Å². The number of hydrogen-bond donors (Lipinski definition) is 4. The standard InChI is InChI=1S/C19H28FN3O4.C8H10O.C5H5NO2S/c1-11-6-7-13(14(20)8-11)9-21-15(25)10-22-17(26)16(12(2)24)23-18(27)19(3,4)5;1-7-4-3-5-8(6-7)9-2;1-3-4(7)6(2)5(8)9-3/h6-8,12,16,24H,9-10H2,1-5H3,(H,21,25)(H,22,26)(H,23,27);3-6H,1-2H3;1H2,2H3/t12-,16+;;/m1../s1. The maximum atomic E-state index is 13.7. The normalized spacial score (nSPS) is 13.8. The van der Waals surface area contributed by atoms with Crippen LogP contribution in [0, 0.1) is 25.1 Å². The number of carbonyl (C=O) groups excluding carboxylic acids is 5. The Labute approximate surface area is 268 Å². The quantitative estimate of drug-likeness (QED) is 0.318. The van der Waals surface area contributed by atoms with Gasteiger partial charge >= 0.3 is 0 Å². The minimum atomic E-state index is -1.18. The number of nitrogens with zero attached hydrogens (tertiary/aromatic N) is 1. The molecule has 3 rings (SSSR count). The van der Waals surface area contributed by atoms with Crippen LogP contribution in [0.4, 0.5) is 9.18 Å². The summed E-state index contributed by atoms with van der Waals surface area (Å²) in [5.41, 5.74) is 1.60. The van der Waals surface area contributed by atoms with Gasteiger partial charge in [0.15, 0.2) is 0 Å². The molecule has 45 heavy (non-hydrogen) atoms. The molecule has 0 bridgehead atoms. The molecule has 1 heterocycles. The molecule has 0 radical (unpaired) electrons. The highest BCUT2D eigenvalue weighted by Gasteiger charge is 2.31. The fraction of sp³-hybridized carbons (Fsp3) is 0.406. The van der Waals surface area contributed by atoms with Gasteiger partial charge in [-0.05, 0) is 61.9 Å². The third-order valence-electron chi connectivity index (χ3n) is 6.09. The number of benzene rings is 2. The molecule has 0 aromatic heterocycles. The first-order valence-electron chi connectivity index (χ1n) is 13.9. The van der Waals surface area contributed by atoms with Crippen molar-refractivity contribution in [2.45, 2.75) is 60.2 Å². The average Bonchev–Trinajstić information content (AvgIpc) is 3.18. The first-order valence-corrected chi connectivity index (χ1v) is 14.8. The summed E-state index contributed by atoms with van der Waals surface area (Å²) in [6.07, 6.45) is -1.14. The van der Waals surface area contributed by atoms with Crippen molar-refractivity contribution >= 4 is 40.6 Å². The van der Waals surface area contributed by atoms with Crippen molar-refractivity contribution < 1.29 is 38.2 Å². The van der Waals surface area contributed by atoms with Crippen molar-refractivity contribution in [3.05, 3.63) is 76.5 Å². The van der Waals surface area contributed by atoms with Gasteiger partial charge in [-0.3, -0.25) is 28.9 Å². The second kappa shape index (κ2) is 17.9. The molecule has 5 amide bonds. The number of likely N-dealkylation sites (N-methyl/N-ethyl adjacent to an activating group) is 1. The summed E-state index contributed by atoms with van der Waals surface area (Å²) in [4.78, 5) is 58.7. The highest BCUT2D eigenvalue weighted by molar-refractivity contribution is 8.18. The Balaban J connectivity index is 0.000000450. The van der Waals surface area contributed by atoms with Gasteiger partial charge in [-0.1, -0.05) is 51.6 Å². The zero-order valence-electron chi connectivity index (χ0n) is 26.9. The third-order valence-corrected chi connectivity index (χ3v) is 6.96. The molecule has 1 saturated heterocycles. The van der Waals surface area contributed by atoms with Gasteiger partial charge < -0.3 is 25.8 Å². The van der Waals surface area contributed by atoms with E-state index in [-0.39, 0.29) is 24.2 Å². The largest absolute Gasteiger partial charge is 0.497 e. The van der Waals surface area contributed by atoms with E-state index in [9.17, 15) is 33.5 Å². The molecular weight excluding hydrogens is 603 g/mol. The molecule has 1 aliphatic rings. The summed E-state index contributed by atoms with van der Waals surface area (Å²) in [6, 6.07) is 11.5. The number of rotatable bonds is 8. The van der Waals surface area contributed by atoms with Gasteiger partial charge in [-0.2, -0.15) is 0 Å². The molecule has 0 unspecified atom stereocenters. The second-order valence-corrected chi connectivity index (χ2v) is 12.3. The lowest BCUT2D eigenvalue weighted by Crippen LogP contribution is -2.55. The maximum absolute atomic E-state index is 13.7. The lowest BCUT2D eigenvalue weighted by Gasteiger charge is -2.25. The minimum absolute atomic E-state index is 0.0125. The molecule has 0 aliphatic carbocycles. The van der Waals surface area contributed by atoms with Gasteiger partial charge in [0.2, 0.25) is 17.7 Å². The molecule has 2 aromatic carbocycles. The molecule has 246 valence electrons. The predicted octanol–water partition coefficient (Wildman–Crippen LogP) is 3.61. The van der Waals surface area contributed by atoms with Gasteiger partial charge in [0.05, 0.1) is 24.7 Å². The molecule has 0 spiro atoms. The topological polar surface area (TPSA) is 154 Å². The fourth-order valence-corrected chi connectivity index (χ4v) is 3.98. The number of methoxy groups -OCH3 is 1. The zero-order chi connectivity index (χ0) is 34.5. The number of hydrogen-bond acceptors (Lipinski definition) is 8. The van der Waals surface area contributed by atoms with E-state index in [2.05, 4.69) is 22.5 Å². The van der Waals surface area contributed by atoms with Gasteiger partial charge in [0.1, 0.15) is 17.6 Å². The van der Waals surface area contributed by atoms with Crippen LogP contribution in [-0.4, -0.2) is 71.7 Å². The monoisotopic (exact) mass is 646 g/mol. The highest BCUT2D eigenvalue weighted by Crippen LogP contribution is 2.26. The van der Waals surface area contributed by atoms with Crippen LogP contribution in [-0.2, 0) is 25.7 Å². The molecule has 11 nitrogen and oxygen atoms in total. The molecule has 2 aromatic rings. The molecule has 4 N–H and O–H groups in total. The molecule has 1 aliphatic heterocycles. The number of imide groups is 1. The lowest BCUT2D eigenvalue weighted by atomic mass is 9.95. The number of aliphatic hydroxyl groups excluding tert-OH is 1. The summed E-state index contributed by atoms with van der Waals surface area (Å²) in [5, 5.41) is 16.8. The number of halogens is 1. The Hall–Kier alpha value is -4.23. The van der Waals surface area contributed by atoms with E-state index < -0.39 is 41.1 Å². The van der Waals surface area contributed by atoms with Gasteiger partial charge in [-0.25, -0.2) is 4.39 Å². The number of carbonyl (C=O) groups is 5. The van der Waals surface area contributed by atoms with E-state index >= 15 is 0 Å². The Bertz CT molecular complexity index is 1390. The van der Waals surface area contributed by atoms with Crippen LogP contribution in [0.25, 0.3) is 0 Å². The molecule has 2 atom stereocenters. The summed E-state index contributed by atoms with van der Waals surface area (Å²) >= 11 is 0.880. The van der Waals surface area contributed by atoms with Gasteiger partial charge in [0, 0.05) is 24.6 Å². The van der Waals surface area contributed by atoms with Crippen molar-refractivity contribution in [2.75, 3.05) is 20.7 Å².